The molecular weight excluding hydrogens is 276 g/mol. The fourth-order valence-corrected chi connectivity index (χ4v) is 1.77. The van der Waals surface area contributed by atoms with Gasteiger partial charge in [-0.15, -0.1) is 0 Å². The van der Waals surface area contributed by atoms with Gasteiger partial charge >= 0.3 is 12.0 Å². The number of methoxy groups -OCH3 is 2. The van der Waals surface area contributed by atoms with Gasteiger partial charge in [0.2, 0.25) is 0 Å². The fourth-order valence-electron chi connectivity index (χ4n) is 1.77. The molecule has 0 radical (unpaired) electrons. The molecular formula is C14H28N2O5. The second-order valence-electron chi connectivity index (χ2n) is 5.03. The second-order valence-corrected chi connectivity index (χ2v) is 5.03. The molecule has 0 saturated heterocycles. The number of carboxylic acids is 1. The number of nitrogens with zero attached hydrogens (tertiary/aromatic N) is 1. The van der Waals surface area contributed by atoms with Gasteiger partial charge in [0.05, 0.1) is 13.2 Å². The number of hydrogen-bond donors (Lipinski definition) is 2. The summed E-state index contributed by atoms with van der Waals surface area (Å²) in [5.41, 5.74) is 0. The molecule has 0 aliphatic rings. The van der Waals surface area contributed by atoms with Crippen LogP contribution in [-0.2, 0) is 14.3 Å². The lowest BCUT2D eigenvalue weighted by atomic mass is 10.0. The summed E-state index contributed by atoms with van der Waals surface area (Å²) < 4.78 is 9.96. The Balaban J connectivity index is 3.97. The Morgan fingerprint density at radius 1 is 1.14 bits per heavy atom. The summed E-state index contributed by atoms with van der Waals surface area (Å²) in [7, 11) is 3.19. The van der Waals surface area contributed by atoms with Crippen molar-refractivity contribution < 1.29 is 24.2 Å². The summed E-state index contributed by atoms with van der Waals surface area (Å²) in [6.45, 7) is 4.51. The van der Waals surface area contributed by atoms with Gasteiger partial charge in [-0.3, -0.25) is 4.79 Å². The van der Waals surface area contributed by atoms with Crippen LogP contribution < -0.4 is 5.32 Å². The monoisotopic (exact) mass is 304 g/mol. The molecule has 0 bridgehead atoms. The molecule has 7 nitrogen and oxygen atoms in total. The molecule has 1 unspecified atom stereocenters. The number of carbonyl (C=O) groups excluding carboxylic acids is 1. The molecule has 2 N–H and O–H groups in total. The molecule has 1 atom stereocenters. The van der Waals surface area contributed by atoms with Gasteiger partial charge in [0.15, 0.2) is 0 Å². The maximum Gasteiger partial charge on any atom is 0.317 e. The van der Waals surface area contributed by atoms with E-state index in [1.807, 2.05) is 6.92 Å². The van der Waals surface area contributed by atoms with Crippen molar-refractivity contribution in [1.82, 2.24) is 10.2 Å². The van der Waals surface area contributed by atoms with E-state index in [0.717, 1.165) is 6.42 Å². The van der Waals surface area contributed by atoms with Crippen LogP contribution in [0.2, 0.25) is 0 Å². The van der Waals surface area contributed by atoms with Crippen molar-refractivity contribution in [3.63, 3.8) is 0 Å². The normalized spacial score (nSPS) is 12.0. The summed E-state index contributed by atoms with van der Waals surface area (Å²) in [4.78, 5) is 24.1. The van der Waals surface area contributed by atoms with Crippen molar-refractivity contribution in [2.45, 2.75) is 26.2 Å². The first-order valence-corrected chi connectivity index (χ1v) is 7.23. The zero-order chi connectivity index (χ0) is 16.1. The summed E-state index contributed by atoms with van der Waals surface area (Å²) in [6.07, 6.45) is 1.56. The van der Waals surface area contributed by atoms with Crippen LogP contribution >= 0.6 is 0 Å². The average Bonchev–Trinajstić information content (AvgIpc) is 2.45. The van der Waals surface area contributed by atoms with Crippen molar-refractivity contribution in [2.24, 2.45) is 5.92 Å². The Morgan fingerprint density at radius 2 is 1.71 bits per heavy atom. The summed E-state index contributed by atoms with van der Waals surface area (Å²) in [6, 6.07) is -0.144. The van der Waals surface area contributed by atoms with E-state index in [1.54, 1.807) is 19.1 Å². The first kappa shape index (κ1) is 19.7. The maximum atomic E-state index is 12.0. The molecule has 124 valence electrons. The smallest absolute Gasteiger partial charge is 0.317 e. The number of aliphatic carboxylic acids is 1. The van der Waals surface area contributed by atoms with Crippen LogP contribution in [0.25, 0.3) is 0 Å². The molecule has 2 amide bonds. The van der Waals surface area contributed by atoms with Crippen LogP contribution in [0.3, 0.4) is 0 Å². The lowest BCUT2D eigenvalue weighted by Crippen LogP contribution is -2.43. The van der Waals surface area contributed by atoms with Crippen LogP contribution in [0.1, 0.15) is 26.2 Å². The van der Waals surface area contributed by atoms with Crippen LogP contribution in [0.15, 0.2) is 0 Å². The minimum absolute atomic E-state index is 0.144. The minimum atomic E-state index is -0.781. The fraction of sp³-hybridized carbons (Fsp3) is 0.857. The number of carboxylic acid groups (broad SMARTS) is 1. The van der Waals surface area contributed by atoms with Gasteiger partial charge in [0.1, 0.15) is 0 Å². The molecule has 0 rings (SSSR count). The quantitative estimate of drug-likeness (QED) is 0.565. The largest absolute Gasteiger partial charge is 0.481 e. The zero-order valence-corrected chi connectivity index (χ0v) is 13.3. The predicted octanol–water partition coefficient (Wildman–Crippen LogP) is 1.18. The van der Waals surface area contributed by atoms with E-state index < -0.39 is 5.97 Å². The zero-order valence-electron chi connectivity index (χ0n) is 13.3. The molecule has 0 aromatic carbocycles. The molecule has 0 aromatic rings. The average molecular weight is 304 g/mol. The Labute approximate surface area is 126 Å². The number of amides is 2. The van der Waals surface area contributed by atoms with Crippen molar-refractivity contribution in [3.8, 4) is 0 Å². The SMILES string of the molecule is COCCN(CCOC)C(=O)NCCC(C)CCC(=O)O. The molecule has 0 fully saturated rings. The van der Waals surface area contributed by atoms with Gasteiger partial charge in [-0.2, -0.15) is 0 Å². The topological polar surface area (TPSA) is 88.1 Å². The van der Waals surface area contributed by atoms with Crippen molar-refractivity contribution in [2.75, 3.05) is 47.1 Å². The Hall–Kier alpha value is -1.34. The van der Waals surface area contributed by atoms with Crippen molar-refractivity contribution in [1.29, 1.82) is 0 Å². The minimum Gasteiger partial charge on any atom is -0.481 e. The van der Waals surface area contributed by atoms with Crippen LogP contribution in [0, 0.1) is 5.92 Å². The van der Waals surface area contributed by atoms with Gasteiger partial charge in [-0.25, -0.2) is 4.79 Å². The highest BCUT2D eigenvalue weighted by Gasteiger charge is 2.13. The van der Waals surface area contributed by atoms with Crippen LogP contribution in [0.5, 0.6) is 0 Å². The third-order valence-corrected chi connectivity index (χ3v) is 3.18. The molecule has 0 spiro atoms. The summed E-state index contributed by atoms with van der Waals surface area (Å²) in [5.74, 6) is -0.510. The molecule has 21 heavy (non-hydrogen) atoms. The number of carbonyl (C=O) groups is 2. The number of ether oxygens (including phenoxy) is 2. The molecule has 0 aromatic heterocycles. The van der Waals surface area contributed by atoms with E-state index in [9.17, 15) is 9.59 Å². The number of nitrogens with one attached hydrogen (secondary N) is 1. The Morgan fingerprint density at radius 3 is 2.19 bits per heavy atom. The van der Waals surface area contributed by atoms with Gasteiger partial charge in [-0.1, -0.05) is 6.92 Å². The third-order valence-electron chi connectivity index (χ3n) is 3.18. The maximum absolute atomic E-state index is 12.0. The van der Waals surface area contributed by atoms with E-state index in [0.29, 0.717) is 39.3 Å². The van der Waals surface area contributed by atoms with E-state index in [4.69, 9.17) is 14.6 Å². The number of rotatable bonds is 12. The van der Waals surface area contributed by atoms with Crippen LogP contribution in [0.4, 0.5) is 4.79 Å². The first-order valence-electron chi connectivity index (χ1n) is 7.23. The first-order chi connectivity index (χ1) is 10.0. The van der Waals surface area contributed by atoms with E-state index in [-0.39, 0.29) is 18.4 Å². The van der Waals surface area contributed by atoms with Gasteiger partial charge in [-0.05, 0) is 18.8 Å². The second kappa shape index (κ2) is 12.4. The molecule has 7 heteroatoms. The molecule has 0 heterocycles. The van der Waals surface area contributed by atoms with E-state index >= 15 is 0 Å². The number of hydrogen-bond acceptors (Lipinski definition) is 4. The Kier molecular flexibility index (Phi) is 11.6. The standard InChI is InChI=1S/C14H28N2O5/c1-12(4-5-13(17)18)6-7-15-14(19)16(8-10-20-2)9-11-21-3/h12H,4-11H2,1-3H3,(H,15,19)(H,17,18). The summed E-state index contributed by atoms with van der Waals surface area (Å²) >= 11 is 0. The molecule has 0 aliphatic carbocycles. The summed E-state index contributed by atoms with van der Waals surface area (Å²) in [5, 5.41) is 11.5. The highest BCUT2D eigenvalue weighted by atomic mass is 16.5. The van der Waals surface area contributed by atoms with Gasteiger partial charge in [0.25, 0.3) is 0 Å². The molecule has 0 aliphatic heterocycles. The van der Waals surface area contributed by atoms with Crippen molar-refractivity contribution in [3.05, 3.63) is 0 Å². The number of urea groups is 1. The highest BCUT2D eigenvalue weighted by molar-refractivity contribution is 5.74. The van der Waals surface area contributed by atoms with E-state index in [2.05, 4.69) is 5.32 Å². The lowest BCUT2D eigenvalue weighted by molar-refractivity contribution is -0.137. The lowest BCUT2D eigenvalue weighted by Gasteiger charge is -2.22. The van der Waals surface area contributed by atoms with Crippen LogP contribution in [-0.4, -0.2) is 69.1 Å². The predicted molar refractivity (Wildman–Crippen MR) is 79.4 cm³/mol. The third kappa shape index (κ3) is 11.0. The highest BCUT2D eigenvalue weighted by Crippen LogP contribution is 2.09. The van der Waals surface area contributed by atoms with Gasteiger partial charge < -0.3 is 24.8 Å². The van der Waals surface area contributed by atoms with E-state index in [1.165, 1.54) is 0 Å². The van der Waals surface area contributed by atoms with Crippen molar-refractivity contribution >= 4 is 12.0 Å². The Bertz CT molecular complexity index is 291. The van der Waals surface area contributed by atoms with Gasteiger partial charge in [0, 0.05) is 40.3 Å². The molecule has 0 saturated carbocycles.